The zero-order valence-corrected chi connectivity index (χ0v) is 12.6. The molecule has 0 bridgehead atoms. The van der Waals surface area contributed by atoms with Crippen molar-refractivity contribution in [3.63, 3.8) is 0 Å². The van der Waals surface area contributed by atoms with Crippen molar-refractivity contribution in [3.8, 4) is 0 Å². The van der Waals surface area contributed by atoms with E-state index >= 15 is 0 Å². The van der Waals surface area contributed by atoms with Crippen molar-refractivity contribution < 1.29 is 9.90 Å². The molecule has 0 atom stereocenters. The van der Waals surface area contributed by atoms with E-state index in [0.717, 1.165) is 12.8 Å². The van der Waals surface area contributed by atoms with Crippen LogP contribution in [0.3, 0.4) is 0 Å². The Morgan fingerprint density at radius 2 is 2.05 bits per heavy atom. The Hall–Kier alpha value is -2.18. The van der Waals surface area contributed by atoms with E-state index in [2.05, 4.69) is 10.2 Å². The van der Waals surface area contributed by atoms with Gasteiger partial charge in [-0.25, -0.2) is 9.48 Å². The second kappa shape index (κ2) is 4.18. The van der Waals surface area contributed by atoms with Gasteiger partial charge in [-0.3, -0.25) is 9.48 Å². The second-order valence-electron chi connectivity index (χ2n) is 6.70. The number of hydrogen-bond donors (Lipinski definition) is 1. The Balaban J connectivity index is 2.01. The summed E-state index contributed by atoms with van der Waals surface area (Å²) in [5, 5.41) is 18.9. The maximum atomic E-state index is 12.7. The summed E-state index contributed by atoms with van der Waals surface area (Å²) in [6.07, 6.45) is 4.82. The number of rotatable bonds is 4. The first-order valence-corrected chi connectivity index (χ1v) is 7.70. The van der Waals surface area contributed by atoms with Crippen LogP contribution in [-0.4, -0.2) is 30.6 Å². The van der Waals surface area contributed by atoms with Crippen LogP contribution in [0.1, 0.15) is 57.2 Å². The van der Waals surface area contributed by atoms with Crippen molar-refractivity contribution in [2.45, 2.75) is 57.0 Å². The van der Waals surface area contributed by atoms with Crippen LogP contribution in [0.5, 0.6) is 0 Å². The van der Waals surface area contributed by atoms with Crippen molar-refractivity contribution in [1.29, 1.82) is 0 Å². The minimum absolute atomic E-state index is 0.0708. The second-order valence-corrected chi connectivity index (χ2v) is 6.70. The van der Waals surface area contributed by atoms with Crippen LogP contribution >= 0.6 is 0 Å². The van der Waals surface area contributed by atoms with E-state index in [9.17, 15) is 14.7 Å². The summed E-state index contributed by atoms with van der Waals surface area (Å²) < 4.78 is 3.02. The van der Waals surface area contributed by atoms with Crippen LogP contribution in [0.2, 0.25) is 0 Å². The average molecular weight is 302 g/mol. The number of carboxylic acids is 1. The molecule has 0 unspecified atom stereocenters. The van der Waals surface area contributed by atoms with Crippen LogP contribution in [0, 0.1) is 0 Å². The topological polar surface area (TPSA) is 90.0 Å². The lowest BCUT2D eigenvalue weighted by atomic mass is 10.1. The first-order valence-electron chi connectivity index (χ1n) is 7.70. The van der Waals surface area contributed by atoms with Gasteiger partial charge >= 0.3 is 5.97 Å². The number of fused-ring (bicyclic) bond motifs is 1. The molecule has 7 heteroatoms. The molecule has 0 amide bonds. The molecular weight excluding hydrogens is 284 g/mol. The largest absolute Gasteiger partial charge is 0.479 e. The molecule has 116 valence electrons. The van der Waals surface area contributed by atoms with Gasteiger partial charge in [-0.15, -0.1) is 0 Å². The van der Waals surface area contributed by atoms with Crippen molar-refractivity contribution in [2.24, 2.45) is 0 Å². The Bertz CT molecular complexity index is 840. The molecule has 7 nitrogen and oxygen atoms in total. The van der Waals surface area contributed by atoms with Crippen LogP contribution in [0.4, 0.5) is 0 Å². The van der Waals surface area contributed by atoms with Gasteiger partial charge in [0, 0.05) is 6.20 Å². The summed E-state index contributed by atoms with van der Waals surface area (Å²) >= 11 is 0. The summed E-state index contributed by atoms with van der Waals surface area (Å²) in [5.41, 5.74) is -0.187. The quantitative estimate of drug-likeness (QED) is 0.927. The molecule has 0 spiro atoms. The van der Waals surface area contributed by atoms with E-state index in [1.807, 2.05) is 18.5 Å². The summed E-state index contributed by atoms with van der Waals surface area (Å²) in [6, 6.07) is 0.370. The van der Waals surface area contributed by atoms with Crippen molar-refractivity contribution in [1.82, 2.24) is 19.6 Å². The van der Waals surface area contributed by atoms with E-state index in [0.29, 0.717) is 35.5 Å². The maximum Gasteiger partial charge on any atom is 0.331 e. The molecule has 2 aromatic heterocycles. The molecule has 22 heavy (non-hydrogen) atoms. The summed E-state index contributed by atoms with van der Waals surface area (Å²) in [6.45, 7) is 3.96. The molecule has 2 aliphatic carbocycles. The van der Waals surface area contributed by atoms with Crippen molar-refractivity contribution >= 4 is 16.9 Å². The molecular formula is C15H18N4O3. The minimum atomic E-state index is -1.16. The summed E-state index contributed by atoms with van der Waals surface area (Å²) in [7, 11) is 0. The Labute approximate surface area is 126 Å². The molecule has 1 N–H and O–H groups in total. The summed E-state index contributed by atoms with van der Waals surface area (Å²) in [5.74, 6) is -0.910. The SMILES string of the molecule is CC(C)c1nn(C2(C(=O)O)CC2)c(=O)c2cn(C3CC3)nc12. The average Bonchev–Trinajstić information content (AvgIpc) is 3.36. The van der Waals surface area contributed by atoms with Crippen LogP contribution < -0.4 is 5.56 Å². The van der Waals surface area contributed by atoms with Gasteiger partial charge in [-0.2, -0.15) is 10.2 Å². The van der Waals surface area contributed by atoms with E-state index in [1.54, 1.807) is 6.20 Å². The highest BCUT2D eigenvalue weighted by molar-refractivity contribution is 5.82. The molecule has 4 rings (SSSR count). The molecule has 2 saturated carbocycles. The van der Waals surface area contributed by atoms with Gasteiger partial charge in [-0.1, -0.05) is 13.8 Å². The normalized spacial score (nSPS) is 19.8. The standard InChI is InChI=1S/C15H18N4O3/c1-8(2)11-12-10(7-18(16-12)9-3-4-9)13(20)19(17-11)15(5-6-15)14(21)22/h7-9H,3-6H2,1-2H3,(H,21,22). The third-order valence-corrected chi connectivity index (χ3v) is 4.60. The van der Waals surface area contributed by atoms with E-state index in [-0.39, 0.29) is 11.5 Å². The first-order chi connectivity index (χ1) is 10.4. The third-order valence-electron chi connectivity index (χ3n) is 4.60. The van der Waals surface area contributed by atoms with Crippen LogP contribution in [0.25, 0.3) is 10.9 Å². The van der Waals surface area contributed by atoms with Gasteiger partial charge in [0.05, 0.1) is 17.1 Å². The minimum Gasteiger partial charge on any atom is -0.479 e. The Morgan fingerprint density at radius 3 is 2.55 bits per heavy atom. The maximum absolute atomic E-state index is 12.7. The number of carbonyl (C=O) groups is 1. The lowest BCUT2D eigenvalue weighted by Gasteiger charge is -2.15. The van der Waals surface area contributed by atoms with Gasteiger partial charge in [-0.05, 0) is 31.6 Å². The molecule has 2 aromatic rings. The van der Waals surface area contributed by atoms with Gasteiger partial charge in [0.25, 0.3) is 5.56 Å². The molecule has 2 heterocycles. The number of aliphatic carboxylic acids is 1. The van der Waals surface area contributed by atoms with E-state index in [4.69, 9.17) is 0 Å². The predicted molar refractivity (Wildman–Crippen MR) is 79.0 cm³/mol. The predicted octanol–water partition coefficient (Wildman–Crippen LogP) is 1.62. The summed E-state index contributed by atoms with van der Waals surface area (Å²) in [4.78, 5) is 24.3. The fraction of sp³-hybridized carbons (Fsp3) is 0.600. The van der Waals surface area contributed by atoms with Crippen LogP contribution in [-0.2, 0) is 10.3 Å². The Morgan fingerprint density at radius 1 is 1.36 bits per heavy atom. The van der Waals surface area contributed by atoms with Gasteiger partial charge in [0.2, 0.25) is 0 Å². The Kier molecular flexibility index (Phi) is 2.56. The lowest BCUT2D eigenvalue weighted by molar-refractivity contribution is -0.143. The molecule has 2 fully saturated rings. The number of nitrogens with zero attached hydrogens (tertiary/aromatic N) is 4. The molecule has 0 saturated heterocycles. The van der Waals surface area contributed by atoms with Crippen molar-refractivity contribution in [2.75, 3.05) is 0 Å². The van der Waals surface area contributed by atoms with Crippen molar-refractivity contribution in [3.05, 3.63) is 22.2 Å². The van der Waals surface area contributed by atoms with E-state index in [1.165, 1.54) is 4.68 Å². The molecule has 2 aliphatic rings. The monoisotopic (exact) mass is 302 g/mol. The zero-order chi connectivity index (χ0) is 15.6. The highest BCUT2D eigenvalue weighted by atomic mass is 16.4. The number of carboxylic acid groups (broad SMARTS) is 1. The highest BCUT2D eigenvalue weighted by Crippen LogP contribution is 2.43. The smallest absolute Gasteiger partial charge is 0.331 e. The van der Waals surface area contributed by atoms with Gasteiger partial charge in [0.1, 0.15) is 5.52 Å². The van der Waals surface area contributed by atoms with Gasteiger partial charge < -0.3 is 5.11 Å². The molecule has 0 radical (unpaired) electrons. The van der Waals surface area contributed by atoms with E-state index < -0.39 is 11.5 Å². The third kappa shape index (κ3) is 1.74. The first kappa shape index (κ1) is 13.5. The zero-order valence-electron chi connectivity index (χ0n) is 12.6. The molecule has 0 aliphatic heterocycles. The number of hydrogen-bond acceptors (Lipinski definition) is 4. The van der Waals surface area contributed by atoms with Gasteiger partial charge in [0.15, 0.2) is 5.54 Å². The number of aromatic nitrogens is 4. The fourth-order valence-electron chi connectivity index (χ4n) is 2.89. The fourth-order valence-corrected chi connectivity index (χ4v) is 2.89. The molecule has 0 aromatic carbocycles. The lowest BCUT2D eigenvalue weighted by Crippen LogP contribution is -2.39. The van der Waals surface area contributed by atoms with Crippen LogP contribution in [0.15, 0.2) is 11.0 Å². The highest BCUT2D eigenvalue weighted by Gasteiger charge is 2.54.